The van der Waals surface area contributed by atoms with Gasteiger partial charge in [0.25, 0.3) is 0 Å². The van der Waals surface area contributed by atoms with Crippen LogP contribution in [0.1, 0.15) is 25.0 Å². The van der Waals surface area contributed by atoms with Gasteiger partial charge in [0, 0.05) is 5.56 Å². The van der Waals surface area contributed by atoms with Crippen LogP contribution in [-0.4, -0.2) is 31.4 Å². The Morgan fingerprint density at radius 2 is 2.35 bits per heavy atom. The highest BCUT2D eigenvalue weighted by Gasteiger charge is 2.29. The highest BCUT2D eigenvalue weighted by Crippen LogP contribution is 2.34. The van der Waals surface area contributed by atoms with Crippen molar-refractivity contribution in [3.05, 3.63) is 23.8 Å². The highest BCUT2D eigenvalue weighted by molar-refractivity contribution is 5.43. The molecule has 0 saturated carbocycles. The van der Waals surface area contributed by atoms with Gasteiger partial charge in [0.15, 0.2) is 0 Å². The fourth-order valence-corrected chi connectivity index (χ4v) is 2.00. The lowest BCUT2D eigenvalue weighted by Crippen LogP contribution is -2.42. The first-order valence-electron chi connectivity index (χ1n) is 5.98. The Bertz CT molecular complexity index is 381. The van der Waals surface area contributed by atoms with E-state index < -0.39 is 6.10 Å². The Balaban J connectivity index is 2.18. The van der Waals surface area contributed by atoms with Crippen LogP contribution in [-0.2, 0) is 0 Å². The Kier molecular flexibility index (Phi) is 3.86. The third-order valence-electron chi connectivity index (χ3n) is 2.99. The van der Waals surface area contributed by atoms with Crippen LogP contribution in [0.5, 0.6) is 11.5 Å². The molecular formula is C13H19NO3. The van der Waals surface area contributed by atoms with Crippen molar-refractivity contribution in [2.24, 2.45) is 0 Å². The fraction of sp³-hybridized carbons (Fsp3) is 0.538. The smallest absolute Gasteiger partial charge is 0.125 e. The van der Waals surface area contributed by atoms with E-state index in [1.807, 2.05) is 18.2 Å². The predicted molar refractivity (Wildman–Crippen MR) is 65.5 cm³/mol. The van der Waals surface area contributed by atoms with Crippen LogP contribution in [0.3, 0.4) is 0 Å². The van der Waals surface area contributed by atoms with E-state index in [4.69, 9.17) is 9.47 Å². The quantitative estimate of drug-likeness (QED) is 0.833. The summed E-state index contributed by atoms with van der Waals surface area (Å²) in [5.41, 5.74) is 0.796. The third-order valence-corrected chi connectivity index (χ3v) is 2.99. The maximum Gasteiger partial charge on any atom is 0.125 e. The van der Waals surface area contributed by atoms with Gasteiger partial charge in [-0.25, -0.2) is 0 Å². The molecule has 1 aromatic carbocycles. The maximum atomic E-state index is 10.3. The van der Waals surface area contributed by atoms with Crippen LogP contribution in [0.15, 0.2) is 18.2 Å². The lowest BCUT2D eigenvalue weighted by Gasteiger charge is -2.31. The van der Waals surface area contributed by atoms with Gasteiger partial charge in [-0.2, -0.15) is 0 Å². The lowest BCUT2D eigenvalue weighted by atomic mass is 9.99. The van der Waals surface area contributed by atoms with Gasteiger partial charge >= 0.3 is 0 Å². The number of benzene rings is 1. The first-order valence-corrected chi connectivity index (χ1v) is 5.98. The van der Waals surface area contributed by atoms with Crippen LogP contribution < -0.4 is 14.8 Å². The van der Waals surface area contributed by atoms with Crippen molar-refractivity contribution in [1.82, 2.24) is 5.32 Å². The molecule has 4 heteroatoms. The van der Waals surface area contributed by atoms with Gasteiger partial charge in [-0.3, -0.25) is 0 Å². The first-order chi connectivity index (χ1) is 8.26. The molecule has 1 aromatic rings. The van der Waals surface area contributed by atoms with Gasteiger partial charge in [-0.1, -0.05) is 6.92 Å². The predicted octanol–water partition coefficient (Wildman–Crippen LogP) is 1.49. The minimum Gasteiger partial charge on any atom is -0.497 e. The zero-order valence-electron chi connectivity index (χ0n) is 10.3. The second-order valence-electron chi connectivity index (χ2n) is 4.22. The fourth-order valence-electron chi connectivity index (χ4n) is 2.00. The molecule has 0 aromatic heterocycles. The van der Waals surface area contributed by atoms with E-state index in [-0.39, 0.29) is 6.04 Å². The van der Waals surface area contributed by atoms with Crippen molar-refractivity contribution in [3.8, 4) is 11.5 Å². The molecule has 0 radical (unpaired) electrons. The molecule has 2 N–H and O–H groups in total. The highest BCUT2D eigenvalue weighted by atomic mass is 16.5. The van der Waals surface area contributed by atoms with Crippen molar-refractivity contribution < 1.29 is 14.6 Å². The van der Waals surface area contributed by atoms with Crippen LogP contribution >= 0.6 is 0 Å². The minimum absolute atomic E-state index is 0.0467. The lowest BCUT2D eigenvalue weighted by molar-refractivity contribution is 0.0735. The molecule has 0 amide bonds. The van der Waals surface area contributed by atoms with Gasteiger partial charge in [-0.05, 0) is 31.2 Å². The van der Waals surface area contributed by atoms with E-state index in [2.05, 4.69) is 12.2 Å². The summed E-state index contributed by atoms with van der Waals surface area (Å²) in [5.74, 6) is 1.48. The van der Waals surface area contributed by atoms with E-state index in [0.717, 1.165) is 30.0 Å². The summed E-state index contributed by atoms with van der Waals surface area (Å²) < 4.78 is 10.8. The molecule has 2 rings (SSSR count). The molecule has 4 nitrogen and oxygen atoms in total. The largest absolute Gasteiger partial charge is 0.497 e. The molecule has 2 atom stereocenters. The van der Waals surface area contributed by atoms with Gasteiger partial charge in [0.1, 0.15) is 24.2 Å². The van der Waals surface area contributed by atoms with E-state index in [9.17, 15) is 5.11 Å². The van der Waals surface area contributed by atoms with E-state index in [1.54, 1.807) is 7.11 Å². The van der Waals surface area contributed by atoms with Gasteiger partial charge < -0.3 is 19.9 Å². The summed E-state index contributed by atoms with van der Waals surface area (Å²) in [7, 11) is 1.62. The first kappa shape index (κ1) is 12.2. The van der Waals surface area contributed by atoms with Gasteiger partial charge in [0.2, 0.25) is 0 Å². The molecular weight excluding hydrogens is 218 g/mol. The summed E-state index contributed by atoms with van der Waals surface area (Å²) >= 11 is 0. The van der Waals surface area contributed by atoms with Crippen LogP contribution in [0.4, 0.5) is 0 Å². The maximum absolute atomic E-state index is 10.3. The Morgan fingerprint density at radius 3 is 3.06 bits per heavy atom. The van der Waals surface area contributed by atoms with Crippen LogP contribution in [0.25, 0.3) is 0 Å². The molecule has 0 bridgehead atoms. The summed E-state index contributed by atoms with van der Waals surface area (Å²) in [5, 5.41) is 13.6. The SMILES string of the molecule is CCCN[C@H]1COc2ccc(OC)cc2[C@@H]1O. The number of fused-ring (bicyclic) bond motifs is 1. The third kappa shape index (κ3) is 2.53. The zero-order valence-corrected chi connectivity index (χ0v) is 10.3. The monoisotopic (exact) mass is 237 g/mol. The molecule has 1 aliphatic rings. The number of hydrogen-bond acceptors (Lipinski definition) is 4. The summed E-state index contributed by atoms with van der Waals surface area (Å²) in [6.07, 6.45) is 0.495. The zero-order chi connectivity index (χ0) is 12.3. The van der Waals surface area contributed by atoms with Gasteiger partial charge in [-0.15, -0.1) is 0 Å². The summed E-state index contributed by atoms with van der Waals surface area (Å²) in [6, 6.07) is 5.47. The number of hydrogen-bond donors (Lipinski definition) is 2. The second kappa shape index (κ2) is 5.38. The van der Waals surface area contributed by atoms with Crippen molar-refractivity contribution in [2.45, 2.75) is 25.5 Å². The van der Waals surface area contributed by atoms with Crippen molar-refractivity contribution in [1.29, 1.82) is 0 Å². The average molecular weight is 237 g/mol. The Labute approximate surface area is 102 Å². The molecule has 17 heavy (non-hydrogen) atoms. The Hall–Kier alpha value is -1.26. The molecule has 1 aliphatic heterocycles. The molecule has 0 spiro atoms. The summed E-state index contributed by atoms with van der Waals surface area (Å²) in [4.78, 5) is 0. The van der Waals surface area contributed by atoms with Crippen molar-refractivity contribution in [3.63, 3.8) is 0 Å². The molecule has 0 unspecified atom stereocenters. The average Bonchev–Trinajstić information content (AvgIpc) is 2.38. The summed E-state index contributed by atoms with van der Waals surface area (Å²) in [6.45, 7) is 3.48. The number of aliphatic hydroxyl groups excluding tert-OH is 1. The standard InChI is InChI=1S/C13H19NO3/c1-3-6-14-11-8-17-12-5-4-9(16-2)7-10(12)13(11)15/h4-5,7,11,13-15H,3,6,8H2,1-2H3/t11-,13-/m0/s1. The topological polar surface area (TPSA) is 50.7 Å². The van der Waals surface area contributed by atoms with Crippen molar-refractivity contribution >= 4 is 0 Å². The van der Waals surface area contributed by atoms with E-state index in [0.29, 0.717) is 6.61 Å². The molecule has 0 saturated heterocycles. The van der Waals surface area contributed by atoms with E-state index >= 15 is 0 Å². The molecule has 1 heterocycles. The number of ether oxygens (including phenoxy) is 2. The van der Waals surface area contributed by atoms with Crippen LogP contribution in [0.2, 0.25) is 0 Å². The number of rotatable bonds is 4. The van der Waals surface area contributed by atoms with E-state index in [1.165, 1.54) is 0 Å². The molecule has 94 valence electrons. The normalized spacial score (nSPS) is 22.8. The number of aliphatic hydroxyl groups is 1. The number of nitrogens with one attached hydrogen (secondary N) is 1. The molecule has 0 fully saturated rings. The van der Waals surface area contributed by atoms with Crippen LogP contribution in [0, 0.1) is 0 Å². The van der Waals surface area contributed by atoms with Crippen molar-refractivity contribution in [2.75, 3.05) is 20.3 Å². The number of methoxy groups -OCH3 is 1. The molecule has 0 aliphatic carbocycles. The van der Waals surface area contributed by atoms with Gasteiger partial charge in [0.05, 0.1) is 13.2 Å². The Morgan fingerprint density at radius 1 is 1.53 bits per heavy atom. The second-order valence-corrected chi connectivity index (χ2v) is 4.22. The minimum atomic E-state index is -0.541.